The van der Waals surface area contributed by atoms with Crippen LogP contribution in [0.2, 0.25) is 0 Å². The molecule has 31 heavy (non-hydrogen) atoms. The number of carbonyl (C=O) groups excluding carboxylic acids is 1. The zero-order valence-corrected chi connectivity index (χ0v) is 18.5. The molecule has 0 bridgehead atoms. The number of anilines is 1. The van der Waals surface area contributed by atoms with Crippen molar-refractivity contribution in [1.29, 1.82) is 0 Å². The number of nitrogens with one attached hydrogen (secondary N) is 1. The van der Waals surface area contributed by atoms with Crippen LogP contribution in [0.15, 0.2) is 88.8 Å². The molecule has 0 aliphatic carbocycles. The molecule has 0 fully saturated rings. The van der Waals surface area contributed by atoms with Gasteiger partial charge in [-0.25, -0.2) is 4.99 Å². The molecule has 1 amide bonds. The number of carbonyl (C=O) groups is 1. The third-order valence-electron chi connectivity index (χ3n) is 5.04. The van der Waals surface area contributed by atoms with E-state index >= 15 is 0 Å². The summed E-state index contributed by atoms with van der Waals surface area (Å²) in [7, 11) is 0. The molecule has 0 saturated carbocycles. The van der Waals surface area contributed by atoms with Crippen molar-refractivity contribution in [2.45, 2.75) is 26.2 Å². The maximum atomic E-state index is 12.5. The van der Waals surface area contributed by atoms with Gasteiger partial charge in [0.2, 0.25) is 5.91 Å². The largest absolute Gasteiger partial charge is 0.325 e. The fourth-order valence-corrected chi connectivity index (χ4v) is 4.10. The zero-order chi connectivity index (χ0) is 21.6. The lowest BCUT2D eigenvalue weighted by Gasteiger charge is -2.09. The van der Waals surface area contributed by atoms with Crippen LogP contribution in [-0.2, 0) is 4.79 Å². The summed E-state index contributed by atoms with van der Waals surface area (Å²) in [6.45, 7) is 4.31. The molecule has 3 aromatic rings. The first-order valence-corrected chi connectivity index (χ1v) is 11.4. The number of amides is 1. The fourth-order valence-electron chi connectivity index (χ4n) is 3.33. The normalized spacial score (nSPS) is 13.1. The van der Waals surface area contributed by atoms with Gasteiger partial charge in [-0.1, -0.05) is 68.4 Å². The monoisotopic (exact) mass is 427 g/mol. The van der Waals surface area contributed by atoms with E-state index in [1.54, 1.807) is 0 Å². The van der Waals surface area contributed by atoms with Crippen LogP contribution in [0.1, 0.15) is 37.3 Å². The van der Waals surface area contributed by atoms with Crippen molar-refractivity contribution in [3.8, 4) is 0 Å². The summed E-state index contributed by atoms with van der Waals surface area (Å²) in [5.41, 5.74) is 5.79. The van der Waals surface area contributed by atoms with Gasteiger partial charge in [0, 0.05) is 12.1 Å². The molecule has 1 aliphatic heterocycles. The number of hydrogen-bond acceptors (Lipinski definition) is 4. The average Bonchev–Trinajstić information content (AvgIpc) is 2.98. The first kappa shape index (κ1) is 21.1. The zero-order valence-electron chi connectivity index (χ0n) is 17.7. The van der Waals surface area contributed by atoms with Gasteiger partial charge in [0.25, 0.3) is 0 Å². The van der Waals surface area contributed by atoms with Crippen LogP contribution in [0, 0.1) is 0 Å². The van der Waals surface area contributed by atoms with E-state index in [1.807, 2.05) is 54.6 Å². The summed E-state index contributed by atoms with van der Waals surface area (Å²) in [5.74, 6) is 0.729. The van der Waals surface area contributed by atoms with Crippen molar-refractivity contribution in [1.82, 2.24) is 0 Å². The number of nitrogens with zero attached hydrogens (tertiary/aromatic N) is 2. The van der Waals surface area contributed by atoms with Crippen LogP contribution in [0.4, 0.5) is 17.1 Å². The number of rotatable bonds is 5. The van der Waals surface area contributed by atoms with Gasteiger partial charge in [-0.3, -0.25) is 9.79 Å². The first-order valence-electron chi connectivity index (χ1n) is 10.4. The number of benzene rings is 3. The Hall–Kier alpha value is -3.18. The molecule has 0 atom stereocenters. The molecule has 0 aromatic heterocycles. The highest BCUT2D eigenvalue weighted by Gasteiger charge is 2.16. The summed E-state index contributed by atoms with van der Waals surface area (Å²) in [6, 6.07) is 26.0. The van der Waals surface area contributed by atoms with E-state index in [-0.39, 0.29) is 5.91 Å². The quantitative estimate of drug-likeness (QED) is 0.490. The van der Waals surface area contributed by atoms with E-state index in [4.69, 9.17) is 9.98 Å². The molecule has 0 radical (unpaired) electrons. The van der Waals surface area contributed by atoms with E-state index in [0.717, 1.165) is 33.4 Å². The Balaban J connectivity index is 1.47. The molecule has 0 spiro atoms. The van der Waals surface area contributed by atoms with E-state index in [0.29, 0.717) is 18.1 Å². The van der Waals surface area contributed by atoms with Gasteiger partial charge in [-0.15, -0.1) is 11.8 Å². The Morgan fingerprint density at radius 2 is 1.55 bits per heavy atom. The van der Waals surface area contributed by atoms with Crippen molar-refractivity contribution in [2.24, 2.45) is 9.98 Å². The van der Waals surface area contributed by atoms with Crippen molar-refractivity contribution in [3.05, 3.63) is 90.0 Å². The Morgan fingerprint density at radius 3 is 2.23 bits per heavy atom. The van der Waals surface area contributed by atoms with Crippen LogP contribution in [0.25, 0.3) is 0 Å². The Morgan fingerprint density at radius 1 is 0.903 bits per heavy atom. The average molecular weight is 428 g/mol. The number of para-hydroxylation sites is 2. The molecule has 5 heteroatoms. The van der Waals surface area contributed by atoms with Crippen LogP contribution in [-0.4, -0.2) is 22.4 Å². The minimum absolute atomic E-state index is 0.0410. The third kappa shape index (κ3) is 5.50. The van der Waals surface area contributed by atoms with E-state index in [1.165, 1.54) is 17.3 Å². The molecule has 1 aliphatic rings. The van der Waals surface area contributed by atoms with Gasteiger partial charge in [0.05, 0.1) is 27.9 Å². The highest BCUT2D eigenvalue weighted by Crippen LogP contribution is 2.33. The predicted molar refractivity (Wildman–Crippen MR) is 132 cm³/mol. The maximum absolute atomic E-state index is 12.5. The maximum Gasteiger partial charge on any atom is 0.234 e. The van der Waals surface area contributed by atoms with Crippen molar-refractivity contribution in [2.75, 3.05) is 11.1 Å². The number of aliphatic imine (C=N–C) groups is 2. The van der Waals surface area contributed by atoms with Crippen LogP contribution in [0.3, 0.4) is 0 Å². The lowest BCUT2D eigenvalue weighted by atomic mass is 10.0. The van der Waals surface area contributed by atoms with Crippen LogP contribution in [0.5, 0.6) is 0 Å². The van der Waals surface area contributed by atoms with Gasteiger partial charge >= 0.3 is 0 Å². The third-order valence-corrected chi connectivity index (χ3v) is 6.01. The lowest BCUT2D eigenvalue weighted by molar-refractivity contribution is -0.113. The van der Waals surface area contributed by atoms with Crippen molar-refractivity contribution < 1.29 is 4.79 Å². The van der Waals surface area contributed by atoms with Gasteiger partial charge in [-0.05, 0) is 41.3 Å². The van der Waals surface area contributed by atoms with Gasteiger partial charge in [0.15, 0.2) is 0 Å². The molecule has 0 unspecified atom stereocenters. The Bertz CT molecular complexity index is 1120. The van der Waals surface area contributed by atoms with E-state index in [2.05, 4.69) is 43.4 Å². The number of fused-ring (bicyclic) bond motifs is 1. The predicted octanol–water partition coefficient (Wildman–Crippen LogP) is 6.74. The van der Waals surface area contributed by atoms with E-state index in [9.17, 15) is 4.79 Å². The molecule has 0 saturated heterocycles. The molecule has 3 aromatic carbocycles. The SMILES string of the molecule is CC(C)c1ccc(NC(=O)CSC2=Nc3ccccc3N=C(c3ccccc3)C2)cc1. The highest BCUT2D eigenvalue weighted by molar-refractivity contribution is 8.14. The molecular weight excluding hydrogens is 402 g/mol. The molecule has 156 valence electrons. The smallest absolute Gasteiger partial charge is 0.234 e. The summed E-state index contributed by atoms with van der Waals surface area (Å²) in [4.78, 5) is 22.2. The van der Waals surface area contributed by atoms with Crippen LogP contribution < -0.4 is 5.32 Å². The molecular formula is C26H25N3OS. The van der Waals surface area contributed by atoms with Gasteiger partial charge in [-0.2, -0.15) is 0 Å². The Kier molecular flexibility index (Phi) is 6.63. The van der Waals surface area contributed by atoms with Crippen LogP contribution >= 0.6 is 11.8 Å². The fraction of sp³-hybridized carbons (Fsp3) is 0.192. The number of thioether (sulfide) groups is 1. The molecule has 1 N–H and O–H groups in total. The Labute approximate surface area is 187 Å². The topological polar surface area (TPSA) is 53.8 Å². The highest BCUT2D eigenvalue weighted by atomic mass is 32.2. The summed E-state index contributed by atoms with van der Waals surface area (Å²) in [6.07, 6.45) is 0.597. The molecule has 4 nitrogen and oxygen atoms in total. The van der Waals surface area contributed by atoms with Gasteiger partial charge in [0.1, 0.15) is 0 Å². The summed E-state index contributed by atoms with van der Waals surface area (Å²) >= 11 is 1.47. The minimum atomic E-state index is -0.0410. The lowest BCUT2D eigenvalue weighted by Crippen LogP contribution is -2.16. The van der Waals surface area contributed by atoms with Gasteiger partial charge < -0.3 is 5.32 Å². The standard InChI is InChI=1S/C26H25N3OS/c1-18(2)19-12-14-21(15-13-19)27-25(30)17-31-26-16-24(20-8-4-3-5-9-20)28-22-10-6-7-11-23(22)29-26/h3-15,18H,16-17H2,1-2H3,(H,27,30). The second-order valence-corrected chi connectivity index (χ2v) is 8.76. The van der Waals surface area contributed by atoms with Crippen molar-refractivity contribution in [3.63, 3.8) is 0 Å². The first-order chi connectivity index (χ1) is 15.1. The molecule has 1 heterocycles. The van der Waals surface area contributed by atoms with E-state index < -0.39 is 0 Å². The number of hydrogen-bond donors (Lipinski definition) is 1. The van der Waals surface area contributed by atoms with Crippen molar-refractivity contribution >= 4 is 45.5 Å². The second kappa shape index (κ2) is 9.75. The minimum Gasteiger partial charge on any atom is -0.325 e. The second-order valence-electron chi connectivity index (χ2n) is 7.71. The summed E-state index contributed by atoms with van der Waals surface area (Å²) in [5, 5.41) is 3.87. The summed E-state index contributed by atoms with van der Waals surface area (Å²) < 4.78 is 0. The molecule has 4 rings (SSSR count).